The van der Waals surface area contributed by atoms with Crippen molar-refractivity contribution in [2.24, 2.45) is 0 Å². The molecule has 0 unspecified atom stereocenters. The minimum Gasteiger partial charge on any atom is -0.481 e. The van der Waals surface area contributed by atoms with E-state index in [2.05, 4.69) is 26.1 Å². The van der Waals surface area contributed by atoms with E-state index in [9.17, 15) is 9.59 Å². The summed E-state index contributed by atoms with van der Waals surface area (Å²) in [6.45, 7) is 9.87. The normalized spacial score (nSPS) is 12.0. The largest absolute Gasteiger partial charge is 0.481 e. The molecule has 1 amide bonds. The quantitative estimate of drug-likeness (QED) is 0.874. The Labute approximate surface area is 126 Å². The van der Waals surface area contributed by atoms with Crippen LogP contribution >= 0.6 is 0 Å². The molecule has 0 bridgehead atoms. The number of carboxylic acid groups (broad SMARTS) is 1. The maximum Gasteiger partial charge on any atom is 0.303 e. The number of aliphatic carboxylic acids is 1. The van der Waals surface area contributed by atoms with Gasteiger partial charge in [0.05, 0.1) is 0 Å². The average molecular weight is 291 g/mol. The lowest BCUT2D eigenvalue weighted by Gasteiger charge is -2.28. The number of carbonyl (C=O) groups is 2. The van der Waals surface area contributed by atoms with Gasteiger partial charge in [-0.25, -0.2) is 0 Å². The monoisotopic (exact) mass is 291 g/mol. The summed E-state index contributed by atoms with van der Waals surface area (Å²) < 4.78 is 0. The minimum atomic E-state index is -0.854. The Morgan fingerprint density at radius 3 is 2.19 bits per heavy atom. The van der Waals surface area contributed by atoms with Crippen molar-refractivity contribution in [3.05, 3.63) is 35.4 Å². The van der Waals surface area contributed by atoms with Crippen molar-refractivity contribution in [2.75, 3.05) is 0 Å². The van der Waals surface area contributed by atoms with E-state index in [1.165, 1.54) is 0 Å². The molecule has 2 N–H and O–H groups in total. The molecular weight excluding hydrogens is 266 g/mol. The molecule has 21 heavy (non-hydrogen) atoms. The van der Waals surface area contributed by atoms with Gasteiger partial charge < -0.3 is 10.4 Å². The van der Waals surface area contributed by atoms with Crippen molar-refractivity contribution in [1.29, 1.82) is 0 Å². The molecule has 0 aliphatic rings. The van der Waals surface area contributed by atoms with Crippen LogP contribution in [0.15, 0.2) is 24.3 Å². The fourth-order valence-electron chi connectivity index (χ4n) is 2.19. The van der Waals surface area contributed by atoms with Crippen molar-refractivity contribution >= 4 is 11.9 Å². The van der Waals surface area contributed by atoms with Gasteiger partial charge in [0.2, 0.25) is 0 Å². The summed E-state index contributed by atoms with van der Waals surface area (Å²) >= 11 is 0. The van der Waals surface area contributed by atoms with Crippen LogP contribution in [-0.2, 0) is 10.2 Å². The Balaban J connectivity index is 2.92. The summed E-state index contributed by atoms with van der Waals surface area (Å²) in [5, 5.41) is 11.7. The second kappa shape index (κ2) is 6.29. The van der Waals surface area contributed by atoms with Gasteiger partial charge in [-0.15, -0.1) is 0 Å². The zero-order chi connectivity index (χ0) is 16.3. The van der Waals surface area contributed by atoms with Crippen LogP contribution in [0.4, 0.5) is 0 Å². The van der Waals surface area contributed by atoms with E-state index >= 15 is 0 Å². The number of nitrogens with one attached hydrogen (secondary N) is 1. The van der Waals surface area contributed by atoms with Crippen LogP contribution in [0, 0.1) is 0 Å². The molecule has 4 nitrogen and oxygen atoms in total. The van der Waals surface area contributed by atoms with E-state index in [0.29, 0.717) is 12.0 Å². The smallest absolute Gasteiger partial charge is 0.303 e. The summed E-state index contributed by atoms with van der Waals surface area (Å²) in [7, 11) is 0. The zero-order valence-electron chi connectivity index (χ0n) is 13.5. The van der Waals surface area contributed by atoms with Gasteiger partial charge in [0.25, 0.3) is 5.91 Å². The highest BCUT2D eigenvalue weighted by atomic mass is 16.4. The second-order valence-electron chi connectivity index (χ2n) is 7.03. The molecule has 0 saturated carbocycles. The van der Waals surface area contributed by atoms with Gasteiger partial charge in [-0.2, -0.15) is 0 Å². The number of benzene rings is 1. The molecule has 1 aromatic rings. The van der Waals surface area contributed by atoms with Crippen molar-refractivity contribution in [2.45, 2.75) is 58.4 Å². The Hall–Kier alpha value is -1.84. The lowest BCUT2D eigenvalue weighted by Crippen LogP contribution is -2.44. The number of hydrogen-bond donors (Lipinski definition) is 2. The summed E-state index contributed by atoms with van der Waals surface area (Å²) in [5.74, 6) is -1.01. The first-order valence-electron chi connectivity index (χ1n) is 7.17. The zero-order valence-corrected chi connectivity index (χ0v) is 13.5. The van der Waals surface area contributed by atoms with Gasteiger partial charge in [-0.3, -0.25) is 9.59 Å². The van der Waals surface area contributed by atoms with Gasteiger partial charge in [-0.05, 0) is 37.3 Å². The van der Waals surface area contributed by atoms with Gasteiger partial charge in [-0.1, -0.05) is 39.0 Å². The van der Waals surface area contributed by atoms with Gasteiger partial charge in [0.1, 0.15) is 0 Å². The fourth-order valence-corrected chi connectivity index (χ4v) is 2.19. The van der Waals surface area contributed by atoms with Crippen molar-refractivity contribution in [1.82, 2.24) is 5.32 Å². The molecule has 0 radical (unpaired) electrons. The van der Waals surface area contributed by atoms with Crippen LogP contribution in [0.3, 0.4) is 0 Å². The van der Waals surface area contributed by atoms with Gasteiger partial charge >= 0.3 is 5.97 Å². The van der Waals surface area contributed by atoms with E-state index in [1.807, 2.05) is 38.1 Å². The number of amides is 1. The Morgan fingerprint density at radius 1 is 1.10 bits per heavy atom. The first-order valence-corrected chi connectivity index (χ1v) is 7.17. The predicted molar refractivity (Wildman–Crippen MR) is 83.6 cm³/mol. The lowest BCUT2D eigenvalue weighted by molar-refractivity contribution is -0.137. The molecule has 0 atom stereocenters. The average Bonchev–Trinajstić information content (AvgIpc) is 2.35. The third kappa shape index (κ3) is 5.21. The summed E-state index contributed by atoms with van der Waals surface area (Å²) in [5.41, 5.74) is 0.949. The molecule has 0 fully saturated rings. The van der Waals surface area contributed by atoms with Crippen LogP contribution in [0.1, 0.15) is 63.4 Å². The van der Waals surface area contributed by atoms with Crippen LogP contribution in [0.2, 0.25) is 0 Å². The SMILES string of the molecule is CC(C)(CCC(=O)O)NC(=O)c1ccccc1C(C)(C)C. The number of hydrogen-bond acceptors (Lipinski definition) is 2. The molecule has 1 aromatic carbocycles. The van der Waals surface area contributed by atoms with E-state index in [0.717, 1.165) is 5.56 Å². The minimum absolute atomic E-state index is 0.0359. The van der Waals surface area contributed by atoms with E-state index in [-0.39, 0.29) is 17.7 Å². The Morgan fingerprint density at radius 2 is 1.67 bits per heavy atom. The maximum absolute atomic E-state index is 12.5. The Bertz CT molecular complexity index is 527. The molecule has 0 aliphatic heterocycles. The summed E-state index contributed by atoms with van der Waals surface area (Å²) in [4.78, 5) is 23.2. The standard InChI is InChI=1S/C17H25NO3/c1-16(2,3)13-9-7-6-8-12(13)15(21)18-17(4,5)11-10-14(19)20/h6-9H,10-11H2,1-5H3,(H,18,21)(H,19,20). The maximum atomic E-state index is 12.5. The number of rotatable bonds is 5. The van der Waals surface area contributed by atoms with Crippen molar-refractivity contribution in [3.8, 4) is 0 Å². The van der Waals surface area contributed by atoms with E-state index in [4.69, 9.17) is 5.11 Å². The first-order chi connectivity index (χ1) is 9.53. The van der Waals surface area contributed by atoms with Crippen LogP contribution in [0.5, 0.6) is 0 Å². The molecule has 0 heterocycles. The summed E-state index contributed by atoms with van der Waals surface area (Å²) in [6.07, 6.45) is 0.431. The van der Waals surface area contributed by atoms with Crippen molar-refractivity contribution in [3.63, 3.8) is 0 Å². The third-order valence-corrected chi connectivity index (χ3v) is 3.40. The first kappa shape index (κ1) is 17.2. The second-order valence-corrected chi connectivity index (χ2v) is 7.03. The van der Waals surface area contributed by atoms with Crippen LogP contribution < -0.4 is 5.32 Å². The summed E-state index contributed by atoms with van der Waals surface area (Å²) in [6, 6.07) is 7.53. The molecular formula is C17H25NO3. The van der Waals surface area contributed by atoms with Crippen LogP contribution in [0.25, 0.3) is 0 Å². The van der Waals surface area contributed by atoms with Crippen molar-refractivity contribution < 1.29 is 14.7 Å². The van der Waals surface area contributed by atoms with E-state index < -0.39 is 11.5 Å². The molecule has 116 valence electrons. The Kier molecular flexibility index (Phi) is 5.15. The number of carbonyl (C=O) groups excluding carboxylic acids is 1. The molecule has 0 aromatic heterocycles. The number of carboxylic acids is 1. The molecule has 1 rings (SSSR count). The lowest BCUT2D eigenvalue weighted by atomic mass is 9.83. The van der Waals surface area contributed by atoms with E-state index in [1.54, 1.807) is 0 Å². The van der Waals surface area contributed by atoms with Crippen LogP contribution in [-0.4, -0.2) is 22.5 Å². The fraction of sp³-hybridized carbons (Fsp3) is 0.529. The molecule has 4 heteroatoms. The highest BCUT2D eigenvalue weighted by Gasteiger charge is 2.26. The highest BCUT2D eigenvalue weighted by molar-refractivity contribution is 5.96. The molecule has 0 spiro atoms. The molecule has 0 aliphatic carbocycles. The highest BCUT2D eigenvalue weighted by Crippen LogP contribution is 2.26. The van der Waals surface area contributed by atoms with Gasteiger partial charge in [0.15, 0.2) is 0 Å². The third-order valence-electron chi connectivity index (χ3n) is 3.40. The predicted octanol–water partition coefficient (Wildman–Crippen LogP) is 3.36. The van der Waals surface area contributed by atoms with Gasteiger partial charge in [0, 0.05) is 17.5 Å². The topological polar surface area (TPSA) is 66.4 Å². The molecule has 0 saturated heterocycles.